The first-order valence-electron chi connectivity index (χ1n) is 17.5. The van der Waals surface area contributed by atoms with Crippen LogP contribution < -0.4 is 15.8 Å². The molecule has 57 heavy (non-hydrogen) atoms. The Labute approximate surface area is 335 Å². The molecule has 1 N–H and O–H groups in total. The van der Waals surface area contributed by atoms with E-state index in [0.29, 0.717) is 44.4 Å². The molecule has 16 nitrogen and oxygen atoms in total. The van der Waals surface area contributed by atoms with Crippen molar-refractivity contribution in [2.75, 3.05) is 12.0 Å². The molecule has 0 saturated carbocycles. The Kier molecular flexibility index (Phi) is 13.8. The molecular formula is C39H37Cl2N5O11. The van der Waals surface area contributed by atoms with Crippen LogP contribution in [0.3, 0.4) is 0 Å². The second-order valence-corrected chi connectivity index (χ2v) is 13.6. The molecule has 0 radical (unpaired) electrons. The number of pyridine rings is 1. The number of halogens is 2. The summed E-state index contributed by atoms with van der Waals surface area (Å²) in [6.07, 6.45) is 0.315. The minimum absolute atomic E-state index is 0.0284. The molecule has 298 valence electrons. The molecule has 0 unspecified atom stereocenters. The second kappa shape index (κ2) is 18.7. The number of carbonyl (C=O) groups is 5. The van der Waals surface area contributed by atoms with Crippen LogP contribution in [0, 0.1) is 0 Å². The van der Waals surface area contributed by atoms with E-state index in [-0.39, 0.29) is 11.0 Å². The fourth-order valence-electron chi connectivity index (χ4n) is 6.14. The van der Waals surface area contributed by atoms with Crippen molar-refractivity contribution in [2.24, 2.45) is 5.10 Å². The molecule has 0 bridgehead atoms. The molecule has 2 aromatic carbocycles. The number of allylic oxidation sites excluding steroid dienone is 1. The summed E-state index contributed by atoms with van der Waals surface area (Å²) in [5.41, 5.74) is 5.99. The number of rotatable bonds is 13. The van der Waals surface area contributed by atoms with Gasteiger partial charge in [-0.05, 0) is 71.9 Å². The third kappa shape index (κ3) is 10.8. The van der Waals surface area contributed by atoms with Crippen LogP contribution in [-0.2, 0) is 49.3 Å². The summed E-state index contributed by atoms with van der Waals surface area (Å²) in [6.45, 7) is 4.81. The number of anilines is 1. The lowest BCUT2D eigenvalue weighted by molar-refractivity contribution is -0.183. The molecule has 1 aliphatic carbocycles. The van der Waals surface area contributed by atoms with Crippen LogP contribution in [0.25, 0.3) is 33.8 Å². The lowest BCUT2D eigenvalue weighted by atomic mass is 9.84. The number of hydrogen-bond acceptors (Lipinski definition) is 15. The molecule has 0 saturated heterocycles. The fraction of sp³-hybridized carbons (Fsp3) is 0.308. The van der Waals surface area contributed by atoms with E-state index in [4.69, 9.17) is 52.0 Å². The molecule has 0 fully saturated rings. The van der Waals surface area contributed by atoms with Gasteiger partial charge in [-0.1, -0.05) is 52.2 Å². The maximum atomic E-state index is 14.5. The van der Waals surface area contributed by atoms with E-state index in [0.717, 1.165) is 64.0 Å². The standard InChI is InChI=1S/C39H37Cl2N5O11/c1-20(47)53-19-32(55-22(3)49)36(56-23(4)50)31(54-21(2)48)18-42-45-39-44-37-34(38(52)46(39)57-24(5)51)33(26-11-15-29(41)16-12-26)30-8-6-7-27(35(30)43-37)17-25-9-13-28(40)14-10-25/h9-18,31-32,36H,6-8,19H2,1-5H3,(H,43,44,45)/b27-17+,42-18+/t31-,32+,36+/m0/s1. The van der Waals surface area contributed by atoms with E-state index in [9.17, 15) is 28.8 Å². The third-order valence-electron chi connectivity index (χ3n) is 8.27. The van der Waals surface area contributed by atoms with Crippen LogP contribution in [0.2, 0.25) is 10.0 Å². The van der Waals surface area contributed by atoms with Crippen LogP contribution in [0.4, 0.5) is 5.95 Å². The van der Waals surface area contributed by atoms with E-state index in [1.54, 1.807) is 36.4 Å². The maximum absolute atomic E-state index is 14.5. The molecule has 2 aromatic heterocycles. The van der Waals surface area contributed by atoms with Crippen LogP contribution in [-0.4, -0.2) is 75.7 Å². The van der Waals surface area contributed by atoms with Crippen molar-refractivity contribution >= 4 is 87.9 Å². The highest BCUT2D eigenvalue weighted by Crippen LogP contribution is 2.40. The van der Waals surface area contributed by atoms with Gasteiger partial charge in [-0.3, -0.25) is 24.0 Å². The minimum atomic E-state index is -1.58. The summed E-state index contributed by atoms with van der Waals surface area (Å²) >= 11 is 12.4. The van der Waals surface area contributed by atoms with Gasteiger partial charge in [-0.15, -0.1) is 0 Å². The molecule has 2 heterocycles. The third-order valence-corrected chi connectivity index (χ3v) is 8.77. The van der Waals surface area contributed by atoms with E-state index in [2.05, 4.69) is 15.5 Å². The monoisotopic (exact) mass is 821 g/mol. The predicted molar refractivity (Wildman–Crippen MR) is 209 cm³/mol. The smallest absolute Gasteiger partial charge is 0.330 e. The number of aromatic nitrogens is 3. The fourth-order valence-corrected chi connectivity index (χ4v) is 6.39. The first-order valence-corrected chi connectivity index (χ1v) is 18.2. The van der Waals surface area contributed by atoms with E-state index in [1.165, 1.54) is 0 Å². The summed E-state index contributed by atoms with van der Waals surface area (Å²) in [5, 5.41) is 5.18. The van der Waals surface area contributed by atoms with Crippen molar-refractivity contribution in [2.45, 2.75) is 72.2 Å². The molecule has 4 aromatic rings. The van der Waals surface area contributed by atoms with Crippen LogP contribution in [0.1, 0.15) is 64.3 Å². The molecule has 5 rings (SSSR count). The van der Waals surface area contributed by atoms with Crippen LogP contribution in [0.15, 0.2) is 58.4 Å². The zero-order chi connectivity index (χ0) is 41.4. The lowest BCUT2D eigenvalue weighted by Gasteiger charge is -2.29. The number of benzene rings is 2. The largest absolute Gasteiger partial charge is 0.462 e. The predicted octanol–water partition coefficient (Wildman–Crippen LogP) is 5.37. The molecule has 3 atom stereocenters. The number of carbonyl (C=O) groups excluding carboxylic acids is 5. The van der Waals surface area contributed by atoms with Gasteiger partial charge in [0.1, 0.15) is 6.61 Å². The zero-order valence-electron chi connectivity index (χ0n) is 31.4. The van der Waals surface area contributed by atoms with E-state index < -0.39 is 66.3 Å². The van der Waals surface area contributed by atoms with Gasteiger partial charge in [0.05, 0.1) is 17.3 Å². The number of fused-ring (bicyclic) bond motifs is 2. The number of nitrogens with zero attached hydrogens (tertiary/aromatic N) is 4. The first-order chi connectivity index (χ1) is 27.1. The number of nitrogens with one attached hydrogen (secondary N) is 1. The van der Waals surface area contributed by atoms with Gasteiger partial charge < -0.3 is 23.8 Å². The van der Waals surface area contributed by atoms with Crippen molar-refractivity contribution in [1.82, 2.24) is 14.7 Å². The van der Waals surface area contributed by atoms with Crippen molar-refractivity contribution < 1.29 is 47.8 Å². The second-order valence-electron chi connectivity index (χ2n) is 12.7. The lowest BCUT2D eigenvalue weighted by Crippen LogP contribution is -2.48. The number of hydrazone groups is 1. The summed E-state index contributed by atoms with van der Waals surface area (Å²) in [7, 11) is 0. The van der Waals surface area contributed by atoms with Gasteiger partial charge in [0.15, 0.2) is 24.0 Å². The normalized spacial score (nSPS) is 14.6. The average Bonchev–Trinajstić information content (AvgIpc) is 3.13. The zero-order valence-corrected chi connectivity index (χ0v) is 32.9. The van der Waals surface area contributed by atoms with Gasteiger partial charge >= 0.3 is 29.8 Å². The molecular weight excluding hydrogens is 785 g/mol. The van der Waals surface area contributed by atoms with Crippen molar-refractivity contribution in [3.05, 3.63) is 85.8 Å². The Bertz CT molecular complexity index is 2330. The molecule has 0 spiro atoms. The summed E-state index contributed by atoms with van der Waals surface area (Å²) in [5.74, 6) is -4.58. The Morgan fingerprint density at radius 3 is 2.05 bits per heavy atom. The summed E-state index contributed by atoms with van der Waals surface area (Å²) in [4.78, 5) is 89.7. The molecule has 0 amide bonds. The Hall–Kier alpha value is -6.13. The molecule has 1 aliphatic rings. The highest BCUT2D eigenvalue weighted by Gasteiger charge is 2.37. The SMILES string of the molecule is CC(=O)OC[C@@H](OC(C)=O)[C@H](OC(C)=O)[C@H](/C=N/Nc1nc2nc3c(c(-c4ccc(Cl)cc4)c2c(=O)n1OC(C)=O)CCC/C3=C\c1ccc(Cl)cc1)OC(C)=O. The van der Waals surface area contributed by atoms with E-state index in [1.807, 2.05) is 18.2 Å². The number of esters is 4. The maximum Gasteiger partial charge on any atom is 0.330 e. The number of hydrogen-bond donors (Lipinski definition) is 1. The first kappa shape index (κ1) is 42.0. The highest BCUT2D eigenvalue weighted by atomic mass is 35.5. The van der Waals surface area contributed by atoms with Gasteiger partial charge in [-0.2, -0.15) is 10.1 Å². The summed E-state index contributed by atoms with van der Waals surface area (Å²) < 4.78 is 21.6. The Morgan fingerprint density at radius 1 is 0.825 bits per heavy atom. The quantitative estimate of drug-likeness (QED) is 0.0780. The van der Waals surface area contributed by atoms with Gasteiger partial charge in [0.2, 0.25) is 0 Å². The van der Waals surface area contributed by atoms with Crippen molar-refractivity contribution in [3.8, 4) is 11.1 Å². The van der Waals surface area contributed by atoms with Gasteiger partial charge in [0, 0.05) is 50.2 Å². The topological polar surface area (TPSA) is 204 Å². The summed E-state index contributed by atoms with van der Waals surface area (Å²) in [6, 6.07) is 14.2. The van der Waals surface area contributed by atoms with Gasteiger partial charge in [-0.25, -0.2) is 15.2 Å². The Morgan fingerprint density at radius 2 is 1.46 bits per heavy atom. The minimum Gasteiger partial charge on any atom is -0.462 e. The molecule has 0 aliphatic heterocycles. The Balaban J connectivity index is 1.68. The van der Waals surface area contributed by atoms with Crippen LogP contribution in [0.5, 0.6) is 0 Å². The van der Waals surface area contributed by atoms with Crippen molar-refractivity contribution in [1.29, 1.82) is 0 Å². The molecule has 18 heteroatoms. The average molecular weight is 823 g/mol. The highest BCUT2D eigenvalue weighted by molar-refractivity contribution is 6.31. The van der Waals surface area contributed by atoms with E-state index >= 15 is 0 Å². The van der Waals surface area contributed by atoms with Crippen molar-refractivity contribution in [3.63, 3.8) is 0 Å². The van der Waals surface area contributed by atoms with Crippen LogP contribution >= 0.6 is 23.2 Å². The number of ether oxygens (including phenoxy) is 4. The van der Waals surface area contributed by atoms with Gasteiger partial charge in [0.25, 0.3) is 11.5 Å².